The molecule has 2 atom stereocenters. The predicted octanol–water partition coefficient (Wildman–Crippen LogP) is 1.79. The zero-order valence-electron chi connectivity index (χ0n) is 9.53. The van der Waals surface area contributed by atoms with Crippen LogP contribution >= 0.6 is 0 Å². The fraction of sp³-hybridized carbons (Fsp3) is 0.583. The highest BCUT2D eigenvalue weighted by Crippen LogP contribution is 2.63. The van der Waals surface area contributed by atoms with E-state index in [9.17, 15) is 0 Å². The van der Waals surface area contributed by atoms with Crippen LogP contribution in [-0.4, -0.2) is 18.6 Å². The molecule has 0 saturated heterocycles. The van der Waals surface area contributed by atoms with Gasteiger partial charge in [0, 0.05) is 11.6 Å². The Morgan fingerprint density at radius 1 is 1.47 bits per heavy atom. The maximum atomic E-state index is 5.74. The molecule has 15 heavy (non-hydrogen) atoms. The van der Waals surface area contributed by atoms with Crippen molar-refractivity contribution < 1.29 is 4.74 Å². The molecule has 82 valence electrons. The minimum Gasteiger partial charge on any atom is -0.495 e. The molecule has 0 aliphatic heterocycles. The monoisotopic (exact) mass is 206 g/mol. The van der Waals surface area contributed by atoms with Crippen molar-refractivity contribution in [1.29, 1.82) is 0 Å². The molecular formula is C12H18N2O. The summed E-state index contributed by atoms with van der Waals surface area (Å²) in [6.45, 7) is 5.24. The highest BCUT2D eigenvalue weighted by atomic mass is 16.5. The summed E-state index contributed by atoms with van der Waals surface area (Å²) >= 11 is 0. The van der Waals surface area contributed by atoms with E-state index in [1.54, 1.807) is 13.3 Å². The average molecular weight is 206 g/mol. The van der Waals surface area contributed by atoms with Crippen LogP contribution < -0.4 is 10.5 Å². The van der Waals surface area contributed by atoms with E-state index in [4.69, 9.17) is 10.5 Å². The van der Waals surface area contributed by atoms with Gasteiger partial charge < -0.3 is 10.5 Å². The van der Waals surface area contributed by atoms with Gasteiger partial charge in [-0.25, -0.2) is 0 Å². The lowest BCUT2D eigenvalue weighted by Crippen LogP contribution is -2.05. The second-order valence-corrected chi connectivity index (χ2v) is 4.76. The largest absolute Gasteiger partial charge is 0.495 e. The van der Waals surface area contributed by atoms with Gasteiger partial charge in [-0.2, -0.15) is 0 Å². The summed E-state index contributed by atoms with van der Waals surface area (Å²) < 4.78 is 5.09. The van der Waals surface area contributed by atoms with Crippen LogP contribution in [0.2, 0.25) is 0 Å². The lowest BCUT2D eigenvalue weighted by Gasteiger charge is -2.03. The van der Waals surface area contributed by atoms with Crippen LogP contribution in [0.25, 0.3) is 0 Å². The van der Waals surface area contributed by atoms with E-state index in [2.05, 4.69) is 18.8 Å². The molecule has 2 rings (SSSR count). The maximum Gasteiger partial charge on any atom is 0.137 e. The smallest absolute Gasteiger partial charge is 0.137 e. The first-order valence-electron chi connectivity index (χ1n) is 5.31. The van der Waals surface area contributed by atoms with Crippen LogP contribution in [0.3, 0.4) is 0 Å². The Labute approximate surface area is 90.7 Å². The summed E-state index contributed by atoms with van der Waals surface area (Å²) in [6, 6.07) is 4.01. The summed E-state index contributed by atoms with van der Waals surface area (Å²) in [5.74, 6) is 1.88. The molecule has 1 aliphatic rings. The van der Waals surface area contributed by atoms with Crippen LogP contribution in [0.15, 0.2) is 18.3 Å². The van der Waals surface area contributed by atoms with Crippen molar-refractivity contribution in [3.05, 3.63) is 24.0 Å². The number of hydrogen-bond donors (Lipinski definition) is 1. The van der Waals surface area contributed by atoms with Gasteiger partial charge >= 0.3 is 0 Å². The Balaban J connectivity index is 2.18. The molecule has 0 unspecified atom stereocenters. The van der Waals surface area contributed by atoms with Gasteiger partial charge in [0.1, 0.15) is 5.75 Å². The van der Waals surface area contributed by atoms with Gasteiger partial charge in [0.15, 0.2) is 0 Å². The molecular weight excluding hydrogens is 188 g/mol. The van der Waals surface area contributed by atoms with Gasteiger partial charge in [0.2, 0.25) is 0 Å². The molecule has 1 fully saturated rings. The third kappa shape index (κ3) is 1.61. The highest BCUT2D eigenvalue weighted by Gasteiger charge is 2.57. The third-order valence-electron chi connectivity index (χ3n) is 3.62. The molecule has 0 bridgehead atoms. The Kier molecular flexibility index (Phi) is 2.43. The molecule has 0 amide bonds. The van der Waals surface area contributed by atoms with Gasteiger partial charge in [-0.15, -0.1) is 0 Å². The average Bonchev–Trinajstić information content (AvgIpc) is 2.80. The number of pyridine rings is 1. The number of nitrogens with two attached hydrogens (primary N) is 1. The SMILES string of the molecule is COc1ccc([C@H]2[C@H](CN)C2(C)C)nc1. The number of rotatable bonds is 3. The molecule has 3 nitrogen and oxygen atoms in total. The molecule has 1 heterocycles. The van der Waals surface area contributed by atoms with E-state index >= 15 is 0 Å². The van der Waals surface area contributed by atoms with Crippen LogP contribution in [0.1, 0.15) is 25.5 Å². The minimum atomic E-state index is 0.302. The fourth-order valence-corrected chi connectivity index (χ4v) is 2.47. The van der Waals surface area contributed by atoms with E-state index in [1.165, 1.54) is 0 Å². The van der Waals surface area contributed by atoms with Gasteiger partial charge in [-0.1, -0.05) is 13.8 Å². The molecule has 1 aromatic rings. The number of methoxy groups -OCH3 is 1. The Hall–Kier alpha value is -1.09. The summed E-state index contributed by atoms with van der Waals surface area (Å²) in [4.78, 5) is 4.42. The zero-order chi connectivity index (χ0) is 11.1. The number of ether oxygens (including phenoxy) is 1. The summed E-state index contributed by atoms with van der Waals surface area (Å²) in [5, 5.41) is 0. The van der Waals surface area contributed by atoms with Crippen molar-refractivity contribution in [2.45, 2.75) is 19.8 Å². The number of hydrogen-bond acceptors (Lipinski definition) is 3. The molecule has 3 heteroatoms. The Morgan fingerprint density at radius 3 is 2.60 bits per heavy atom. The second kappa shape index (κ2) is 3.49. The van der Waals surface area contributed by atoms with Gasteiger partial charge in [-0.3, -0.25) is 4.98 Å². The van der Waals surface area contributed by atoms with E-state index < -0.39 is 0 Å². The van der Waals surface area contributed by atoms with Crippen LogP contribution in [0.4, 0.5) is 0 Å². The van der Waals surface area contributed by atoms with Gasteiger partial charge in [0.25, 0.3) is 0 Å². The minimum absolute atomic E-state index is 0.302. The summed E-state index contributed by atoms with van der Waals surface area (Å²) in [7, 11) is 1.65. The molecule has 2 N–H and O–H groups in total. The van der Waals surface area contributed by atoms with Crippen molar-refractivity contribution >= 4 is 0 Å². The first-order chi connectivity index (χ1) is 7.11. The third-order valence-corrected chi connectivity index (χ3v) is 3.62. The quantitative estimate of drug-likeness (QED) is 0.820. The van der Waals surface area contributed by atoms with Crippen molar-refractivity contribution in [3.8, 4) is 5.75 Å². The first-order valence-corrected chi connectivity index (χ1v) is 5.31. The van der Waals surface area contributed by atoms with E-state index in [0.717, 1.165) is 18.0 Å². The Bertz CT molecular complexity index is 345. The standard InChI is InChI=1S/C12H18N2O/c1-12(2)9(6-13)11(12)10-5-4-8(15-3)7-14-10/h4-5,7,9,11H,6,13H2,1-3H3/t9-,11+/m0/s1. The van der Waals surface area contributed by atoms with Crippen molar-refractivity contribution in [2.75, 3.05) is 13.7 Å². The van der Waals surface area contributed by atoms with Crippen molar-refractivity contribution in [3.63, 3.8) is 0 Å². The molecule has 0 radical (unpaired) electrons. The maximum absolute atomic E-state index is 5.74. The fourth-order valence-electron chi connectivity index (χ4n) is 2.47. The van der Waals surface area contributed by atoms with Crippen LogP contribution in [-0.2, 0) is 0 Å². The first kappa shape index (κ1) is 10.4. The molecule has 1 saturated carbocycles. The normalized spacial score (nSPS) is 27.5. The van der Waals surface area contributed by atoms with Crippen LogP contribution in [0, 0.1) is 11.3 Å². The van der Waals surface area contributed by atoms with E-state index in [0.29, 0.717) is 17.3 Å². The zero-order valence-corrected chi connectivity index (χ0v) is 9.53. The summed E-state index contributed by atoms with van der Waals surface area (Å²) in [5.41, 5.74) is 7.18. The molecule has 1 aromatic heterocycles. The molecule has 1 aliphatic carbocycles. The highest BCUT2D eigenvalue weighted by molar-refractivity contribution is 5.29. The molecule has 0 spiro atoms. The topological polar surface area (TPSA) is 48.1 Å². The lowest BCUT2D eigenvalue weighted by molar-refractivity contribution is 0.412. The van der Waals surface area contributed by atoms with Crippen molar-refractivity contribution in [1.82, 2.24) is 4.98 Å². The Morgan fingerprint density at radius 2 is 2.20 bits per heavy atom. The van der Waals surface area contributed by atoms with E-state index in [-0.39, 0.29) is 0 Å². The van der Waals surface area contributed by atoms with Crippen molar-refractivity contribution in [2.24, 2.45) is 17.1 Å². The van der Waals surface area contributed by atoms with Crippen LogP contribution in [0.5, 0.6) is 5.75 Å². The predicted molar refractivity (Wildman–Crippen MR) is 59.9 cm³/mol. The second-order valence-electron chi connectivity index (χ2n) is 4.76. The lowest BCUT2D eigenvalue weighted by atomic mass is 10.1. The van der Waals surface area contributed by atoms with E-state index in [1.807, 2.05) is 12.1 Å². The number of nitrogens with zero attached hydrogens (tertiary/aromatic N) is 1. The number of aromatic nitrogens is 1. The van der Waals surface area contributed by atoms with Gasteiger partial charge in [-0.05, 0) is 30.0 Å². The summed E-state index contributed by atoms with van der Waals surface area (Å²) in [6.07, 6.45) is 1.78. The molecule has 0 aromatic carbocycles. The van der Waals surface area contributed by atoms with Gasteiger partial charge in [0.05, 0.1) is 13.3 Å².